The van der Waals surface area contributed by atoms with Crippen LogP contribution in [0.25, 0.3) is 11.2 Å². The highest BCUT2D eigenvalue weighted by atomic mass is 16.5. The molecule has 0 saturated carbocycles. The van der Waals surface area contributed by atoms with E-state index in [-0.39, 0.29) is 23.1 Å². The maximum atomic E-state index is 13.4. The molecule has 3 aromatic rings. The number of aromatic nitrogens is 4. The van der Waals surface area contributed by atoms with E-state index in [0.717, 1.165) is 12.1 Å². The van der Waals surface area contributed by atoms with Gasteiger partial charge in [-0.15, -0.1) is 0 Å². The minimum Gasteiger partial charge on any atom is -0.462 e. The molecule has 0 spiro atoms. The zero-order chi connectivity index (χ0) is 23.9. The fraction of sp³-hybridized carbons (Fsp3) is 0.500. The van der Waals surface area contributed by atoms with E-state index in [9.17, 15) is 14.4 Å². The van der Waals surface area contributed by atoms with Gasteiger partial charge in [0.25, 0.3) is 5.56 Å². The van der Waals surface area contributed by atoms with Crippen LogP contribution in [0.5, 0.6) is 0 Å². The maximum absolute atomic E-state index is 13.4. The number of nitrogens with zero attached hydrogens (tertiary/aromatic N) is 5. The van der Waals surface area contributed by atoms with Crippen LogP contribution in [0.1, 0.15) is 44.5 Å². The SMILES string of the molecule is CCOC(=O)c1ccc(N2CC(C)Cn3c2nc2c3c(=O)n(CCC(C)C)c(=O)n2C)cc1. The zero-order valence-corrected chi connectivity index (χ0v) is 19.9. The van der Waals surface area contributed by atoms with E-state index in [1.165, 1.54) is 9.13 Å². The molecule has 33 heavy (non-hydrogen) atoms. The molecule has 0 N–H and O–H groups in total. The lowest BCUT2D eigenvalue weighted by atomic mass is 10.1. The van der Waals surface area contributed by atoms with E-state index >= 15 is 0 Å². The van der Waals surface area contributed by atoms with Crippen LogP contribution >= 0.6 is 0 Å². The van der Waals surface area contributed by atoms with Crippen molar-refractivity contribution in [2.45, 2.75) is 47.2 Å². The largest absolute Gasteiger partial charge is 0.462 e. The lowest BCUT2D eigenvalue weighted by Gasteiger charge is -2.33. The Bertz CT molecular complexity index is 1300. The number of aryl methyl sites for hydroxylation is 1. The predicted octanol–water partition coefficient (Wildman–Crippen LogP) is 2.91. The monoisotopic (exact) mass is 453 g/mol. The summed E-state index contributed by atoms with van der Waals surface area (Å²) >= 11 is 0. The minimum atomic E-state index is -0.361. The minimum absolute atomic E-state index is 0.250. The molecule has 1 aromatic carbocycles. The third-order valence-corrected chi connectivity index (χ3v) is 6.06. The van der Waals surface area contributed by atoms with Crippen molar-refractivity contribution in [1.29, 1.82) is 0 Å². The molecule has 0 radical (unpaired) electrons. The number of anilines is 2. The van der Waals surface area contributed by atoms with E-state index in [4.69, 9.17) is 9.72 Å². The van der Waals surface area contributed by atoms with Gasteiger partial charge in [0, 0.05) is 32.4 Å². The van der Waals surface area contributed by atoms with Gasteiger partial charge in [-0.05, 0) is 49.4 Å². The predicted molar refractivity (Wildman–Crippen MR) is 127 cm³/mol. The third kappa shape index (κ3) is 4.07. The summed E-state index contributed by atoms with van der Waals surface area (Å²) in [5, 5.41) is 0. The summed E-state index contributed by atoms with van der Waals surface area (Å²) < 4.78 is 9.79. The lowest BCUT2D eigenvalue weighted by Crippen LogP contribution is -2.40. The Balaban J connectivity index is 1.83. The van der Waals surface area contributed by atoms with Crippen molar-refractivity contribution in [1.82, 2.24) is 18.7 Å². The van der Waals surface area contributed by atoms with Crippen molar-refractivity contribution in [3.8, 4) is 0 Å². The van der Waals surface area contributed by atoms with Crippen molar-refractivity contribution < 1.29 is 9.53 Å². The summed E-state index contributed by atoms with van der Waals surface area (Å²) in [6.07, 6.45) is 0.747. The van der Waals surface area contributed by atoms with Crippen LogP contribution in [0.2, 0.25) is 0 Å². The second-order valence-corrected chi connectivity index (χ2v) is 9.16. The van der Waals surface area contributed by atoms with Crippen LogP contribution < -0.4 is 16.1 Å². The topological polar surface area (TPSA) is 91.4 Å². The standard InChI is InChI=1S/C24H31N5O4/c1-6-33-22(31)17-7-9-18(10-8-17)28-13-16(4)14-29-19-20(25-23(28)29)26(5)24(32)27(21(19)30)12-11-15(2)3/h7-10,15-16H,6,11-14H2,1-5H3. The number of ether oxygens (including phenoxy) is 1. The molecule has 0 aliphatic carbocycles. The molecule has 1 aliphatic heterocycles. The van der Waals surface area contributed by atoms with E-state index in [0.29, 0.717) is 54.8 Å². The van der Waals surface area contributed by atoms with Gasteiger partial charge in [-0.2, -0.15) is 4.98 Å². The molecule has 2 aromatic heterocycles. The molecule has 3 heterocycles. The van der Waals surface area contributed by atoms with Gasteiger partial charge in [0.2, 0.25) is 5.95 Å². The molecular weight excluding hydrogens is 422 g/mol. The number of rotatable bonds is 6. The van der Waals surface area contributed by atoms with Crippen molar-refractivity contribution in [2.24, 2.45) is 18.9 Å². The summed E-state index contributed by atoms with van der Waals surface area (Å²) in [5.74, 6) is 0.895. The summed E-state index contributed by atoms with van der Waals surface area (Å²) in [6, 6.07) is 7.17. The number of hydrogen-bond acceptors (Lipinski definition) is 6. The normalized spacial score (nSPS) is 15.8. The summed E-state index contributed by atoms with van der Waals surface area (Å²) in [4.78, 5) is 45.1. The van der Waals surface area contributed by atoms with E-state index in [1.807, 2.05) is 21.6 Å². The first-order chi connectivity index (χ1) is 15.7. The van der Waals surface area contributed by atoms with Gasteiger partial charge in [-0.1, -0.05) is 20.8 Å². The fourth-order valence-corrected chi connectivity index (χ4v) is 4.30. The summed E-state index contributed by atoms with van der Waals surface area (Å²) in [6.45, 7) is 10.1. The molecular formula is C24H31N5O4. The quantitative estimate of drug-likeness (QED) is 0.533. The van der Waals surface area contributed by atoms with Gasteiger partial charge in [0.05, 0.1) is 12.2 Å². The Morgan fingerprint density at radius 1 is 1.18 bits per heavy atom. The summed E-state index contributed by atoms with van der Waals surface area (Å²) in [5.41, 5.74) is 1.55. The second kappa shape index (κ2) is 8.88. The second-order valence-electron chi connectivity index (χ2n) is 9.16. The molecule has 176 valence electrons. The van der Waals surface area contributed by atoms with Crippen molar-refractivity contribution in [2.75, 3.05) is 18.1 Å². The Hall–Kier alpha value is -3.36. The number of fused-ring (bicyclic) bond motifs is 3. The maximum Gasteiger partial charge on any atom is 0.338 e. The number of carbonyl (C=O) groups excluding carboxylic acids is 1. The number of benzene rings is 1. The first-order valence-electron chi connectivity index (χ1n) is 11.5. The Labute approximate surface area is 192 Å². The van der Waals surface area contributed by atoms with Crippen LogP contribution in [-0.2, 0) is 24.9 Å². The van der Waals surface area contributed by atoms with Crippen molar-refractivity contribution in [3.63, 3.8) is 0 Å². The summed E-state index contributed by atoms with van der Waals surface area (Å²) in [7, 11) is 1.66. The highest BCUT2D eigenvalue weighted by Crippen LogP contribution is 2.33. The van der Waals surface area contributed by atoms with Crippen LogP contribution in [0.4, 0.5) is 11.6 Å². The molecule has 1 unspecified atom stereocenters. The number of esters is 1. The lowest BCUT2D eigenvalue weighted by molar-refractivity contribution is 0.0526. The van der Waals surface area contributed by atoms with Crippen LogP contribution in [0, 0.1) is 11.8 Å². The van der Waals surface area contributed by atoms with Gasteiger partial charge in [0.1, 0.15) is 0 Å². The number of hydrogen-bond donors (Lipinski definition) is 0. The van der Waals surface area contributed by atoms with E-state index in [2.05, 4.69) is 20.8 Å². The fourth-order valence-electron chi connectivity index (χ4n) is 4.30. The van der Waals surface area contributed by atoms with Gasteiger partial charge >= 0.3 is 11.7 Å². The third-order valence-electron chi connectivity index (χ3n) is 6.06. The molecule has 9 heteroatoms. The van der Waals surface area contributed by atoms with Crippen LogP contribution in [-0.4, -0.2) is 37.8 Å². The Morgan fingerprint density at radius 3 is 2.52 bits per heavy atom. The van der Waals surface area contributed by atoms with E-state index < -0.39 is 0 Å². The van der Waals surface area contributed by atoms with Gasteiger partial charge in [0.15, 0.2) is 11.2 Å². The first-order valence-corrected chi connectivity index (χ1v) is 11.5. The molecule has 1 atom stereocenters. The van der Waals surface area contributed by atoms with Crippen molar-refractivity contribution in [3.05, 3.63) is 50.7 Å². The molecule has 0 bridgehead atoms. The number of imidazole rings is 1. The molecule has 0 fully saturated rings. The highest BCUT2D eigenvalue weighted by molar-refractivity contribution is 5.90. The Kier molecular flexibility index (Phi) is 6.14. The zero-order valence-electron chi connectivity index (χ0n) is 19.9. The molecule has 1 aliphatic rings. The molecule has 0 saturated heterocycles. The molecule has 9 nitrogen and oxygen atoms in total. The van der Waals surface area contributed by atoms with Gasteiger partial charge in [-0.25, -0.2) is 9.59 Å². The highest BCUT2D eigenvalue weighted by Gasteiger charge is 2.30. The average Bonchev–Trinajstić information content (AvgIpc) is 3.16. The van der Waals surface area contributed by atoms with Gasteiger partial charge in [-0.3, -0.25) is 13.9 Å². The smallest absolute Gasteiger partial charge is 0.338 e. The molecule has 0 amide bonds. The average molecular weight is 454 g/mol. The number of carbonyl (C=O) groups is 1. The first kappa shape index (κ1) is 22.8. The van der Waals surface area contributed by atoms with Crippen molar-refractivity contribution >= 4 is 28.8 Å². The van der Waals surface area contributed by atoms with E-state index in [1.54, 1.807) is 26.1 Å². The van der Waals surface area contributed by atoms with Crippen LogP contribution in [0.3, 0.4) is 0 Å². The van der Waals surface area contributed by atoms with Crippen LogP contribution in [0.15, 0.2) is 33.9 Å². The van der Waals surface area contributed by atoms with Gasteiger partial charge < -0.3 is 14.2 Å². The molecule has 4 rings (SSSR count). The Morgan fingerprint density at radius 2 is 1.88 bits per heavy atom.